The van der Waals surface area contributed by atoms with Crippen LogP contribution in [0, 0.1) is 23.0 Å². The molecule has 0 saturated heterocycles. The third-order valence-electron chi connectivity index (χ3n) is 5.09. The smallest absolute Gasteiger partial charge is 0.322 e. The van der Waals surface area contributed by atoms with Crippen molar-refractivity contribution in [1.82, 2.24) is 9.88 Å². The summed E-state index contributed by atoms with van der Waals surface area (Å²) in [6.45, 7) is 0.272. The molecule has 2 N–H and O–H groups in total. The average Bonchev–Trinajstić information content (AvgIpc) is 2.73. The number of hydrogen-bond acceptors (Lipinski definition) is 4. The van der Waals surface area contributed by atoms with Gasteiger partial charge in [-0.2, -0.15) is 5.26 Å². The lowest BCUT2D eigenvalue weighted by Gasteiger charge is -2.33. The van der Waals surface area contributed by atoms with Crippen molar-refractivity contribution < 1.29 is 18.3 Å². The third-order valence-corrected chi connectivity index (χ3v) is 5.09. The molecule has 152 valence electrons. The van der Waals surface area contributed by atoms with Crippen molar-refractivity contribution in [3.05, 3.63) is 75.2 Å². The molecule has 0 unspecified atom stereocenters. The van der Waals surface area contributed by atoms with Crippen molar-refractivity contribution in [2.45, 2.75) is 12.6 Å². The Hall–Kier alpha value is -3.77. The molecule has 1 atom stereocenters. The third kappa shape index (κ3) is 3.38. The lowest BCUT2D eigenvalue weighted by molar-refractivity contribution is 0.0527. The minimum absolute atomic E-state index is 0.131. The number of ether oxygens (including phenoxy) is 1. The Kier molecular flexibility index (Phi) is 4.93. The van der Waals surface area contributed by atoms with Crippen LogP contribution in [-0.2, 0) is 11.3 Å². The molecule has 2 heterocycles. The van der Waals surface area contributed by atoms with Crippen LogP contribution in [0.1, 0.15) is 22.9 Å². The maximum absolute atomic E-state index is 13.9. The van der Waals surface area contributed by atoms with Crippen LogP contribution in [0.15, 0.2) is 41.2 Å². The van der Waals surface area contributed by atoms with Gasteiger partial charge < -0.3 is 19.9 Å². The van der Waals surface area contributed by atoms with Gasteiger partial charge in [-0.15, -0.1) is 0 Å². The first kappa shape index (κ1) is 19.5. The molecule has 0 fully saturated rings. The lowest BCUT2D eigenvalue weighted by atomic mass is 9.96. The van der Waals surface area contributed by atoms with Crippen molar-refractivity contribution in [2.75, 3.05) is 19.0 Å². The highest BCUT2D eigenvalue weighted by Gasteiger charge is 2.30. The normalized spacial score (nSPS) is 15.3. The standard InChI is InChI=1S/C21H16F2N4O3/c1-27(21(29)25-13-3-5-16(23)11(6-13)8-24)18-10-30-9-17-19(18)15-7-12(22)2-4-14(15)20(28)26-17/h2-7,18H,9-10H2,1H3,(H,25,29)(H,26,28)/t18-/m0/s1. The molecule has 0 radical (unpaired) electrons. The lowest BCUT2D eigenvalue weighted by Crippen LogP contribution is -2.39. The summed E-state index contributed by atoms with van der Waals surface area (Å²) < 4.78 is 33.0. The van der Waals surface area contributed by atoms with Gasteiger partial charge in [0.15, 0.2) is 0 Å². The van der Waals surface area contributed by atoms with Gasteiger partial charge in [0.05, 0.1) is 24.8 Å². The molecular formula is C21H16F2N4O3. The van der Waals surface area contributed by atoms with Gasteiger partial charge in [0.2, 0.25) is 0 Å². The number of aromatic nitrogens is 1. The summed E-state index contributed by atoms with van der Waals surface area (Å²) in [7, 11) is 1.53. The number of carbonyl (C=O) groups is 1. The van der Waals surface area contributed by atoms with E-state index < -0.39 is 23.7 Å². The van der Waals surface area contributed by atoms with Crippen LogP contribution in [0.3, 0.4) is 0 Å². The van der Waals surface area contributed by atoms with Gasteiger partial charge in [-0.3, -0.25) is 4.79 Å². The number of aromatic amines is 1. The van der Waals surface area contributed by atoms with E-state index in [1.807, 2.05) is 0 Å². The van der Waals surface area contributed by atoms with Crippen LogP contribution >= 0.6 is 0 Å². The first-order chi connectivity index (χ1) is 14.4. The molecule has 4 rings (SSSR count). The van der Waals surface area contributed by atoms with Crippen LogP contribution in [-0.4, -0.2) is 29.6 Å². The molecule has 3 aromatic rings. The number of rotatable bonds is 2. The van der Waals surface area contributed by atoms with Crippen molar-refractivity contribution in [2.24, 2.45) is 0 Å². The zero-order valence-corrected chi connectivity index (χ0v) is 15.8. The van der Waals surface area contributed by atoms with E-state index in [4.69, 9.17) is 10.00 Å². The van der Waals surface area contributed by atoms with Gasteiger partial charge in [-0.1, -0.05) is 0 Å². The molecule has 30 heavy (non-hydrogen) atoms. The summed E-state index contributed by atoms with van der Waals surface area (Å²) in [6.07, 6.45) is 0. The number of halogens is 2. The summed E-state index contributed by atoms with van der Waals surface area (Å²) in [5, 5.41) is 12.3. The van der Waals surface area contributed by atoms with Crippen molar-refractivity contribution >= 4 is 22.5 Å². The highest BCUT2D eigenvalue weighted by Crippen LogP contribution is 2.33. The van der Waals surface area contributed by atoms with E-state index in [-0.39, 0.29) is 30.0 Å². The number of pyridine rings is 1. The van der Waals surface area contributed by atoms with Crippen LogP contribution in [0.4, 0.5) is 19.3 Å². The molecule has 1 aliphatic heterocycles. The number of likely N-dealkylation sites (N-methyl/N-ethyl adjacent to an activating group) is 1. The molecule has 1 aliphatic rings. The maximum atomic E-state index is 13.9. The van der Waals surface area contributed by atoms with Crippen molar-refractivity contribution in [3.8, 4) is 6.07 Å². The Morgan fingerprint density at radius 1 is 1.27 bits per heavy atom. The number of nitriles is 1. The largest absolute Gasteiger partial charge is 0.373 e. The van der Waals surface area contributed by atoms with E-state index in [9.17, 15) is 18.4 Å². The number of H-pyrrole nitrogens is 1. The van der Waals surface area contributed by atoms with Crippen LogP contribution < -0.4 is 10.9 Å². The van der Waals surface area contributed by atoms with Crippen LogP contribution in [0.2, 0.25) is 0 Å². The summed E-state index contributed by atoms with van der Waals surface area (Å²) in [4.78, 5) is 29.2. The number of carbonyl (C=O) groups excluding carboxylic acids is 1. The molecular weight excluding hydrogens is 394 g/mol. The van der Waals surface area contributed by atoms with Gasteiger partial charge in [0.1, 0.15) is 17.7 Å². The summed E-state index contributed by atoms with van der Waals surface area (Å²) in [5.74, 6) is -1.18. The van der Waals surface area contributed by atoms with Crippen LogP contribution in [0.5, 0.6) is 0 Å². The monoisotopic (exact) mass is 410 g/mol. The number of urea groups is 1. The number of benzene rings is 2. The number of hydrogen-bond donors (Lipinski definition) is 2. The molecule has 7 nitrogen and oxygen atoms in total. The molecule has 0 bridgehead atoms. The van der Waals surface area contributed by atoms with Gasteiger partial charge in [-0.25, -0.2) is 13.6 Å². The second-order valence-corrected chi connectivity index (χ2v) is 6.91. The van der Waals surface area contributed by atoms with E-state index in [2.05, 4.69) is 10.3 Å². The van der Waals surface area contributed by atoms with Crippen molar-refractivity contribution in [3.63, 3.8) is 0 Å². The summed E-state index contributed by atoms with van der Waals surface area (Å²) in [5.41, 5.74) is 0.766. The Morgan fingerprint density at radius 3 is 2.83 bits per heavy atom. The molecule has 2 aromatic carbocycles. The van der Waals surface area contributed by atoms with Gasteiger partial charge in [0, 0.05) is 29.4 Å². The van der Waals surface area contributed by atoms with E-state index in [0.29, 0.717) is 22.0 Å². The molecule has 9 heteroatoms. The maximum Gasteiger partial charge on any atom is 0.322 e. The highest BCUT2D eigenvalue weighted by atomic mass is 19.1. The van der Waals surface area contributed by atoms with E-state index in [1.165, 1.54) is 42.3 Å². The van der Waals surface area contributed by atoms with Gasteiger partial charge in [0.25, 0.3) is 5.56 Å². The Morgan fingerprint density at radius 2 is 2.07 bits per heavy atom. The quantitative estimate of drug-likeness (QED) is 0.676. The topological polar surface area (TPSA) is 98.2 Å². The first-order valence-electron chi connectivity index (χ1n) is 9.04. The average molecular weight is 410 g/mol. The Balaban J connectivity index is 1.71. The Labute approximate surface area is 169 Å². The molecule has 0 saturated carbocycles. The number of nitrogens with one attached hydrogen (secondary N) is 2. The van der Waals surface area contributed by atoms with E-state index in [0.717, 1.165) is 6.07 Å². The molecule has 0 aliphatic carbocycles. The van der Waals surface area contributed by atoms with Gasteiger partial charge >= 0.3 is 6.03 Å². The second-order valence-electron chi connectivity index (χ2n) is 6.91. The molecule has 1 aromatic heterocycles. The van der Waals surface area contributed by atoms with Crippen LogP contribution in [0.25, 0.3) is 10.8 Å². The van der Waals surface area contributed by atoms with Crippen molar-refractivity contribution in [1.29, 1.82) is 5.26 Å². The molecule has 2 amide bonds. The fourth-order valence-electron chi connectivity index (χ4n) is 3.57. The predicted molar refractivity (Wildman–Crippen MR) is 105 cm³/mol. The number of fused-ring (bicyclic) bond motifs is 3. The first-order valence-corrected chi connectivity index (χ1v) is 9.04. The predicted octanol–water partition coefficient (Wildman–Crippen LogP) is 3.41. The number of anilines is 1. The fraction of sp³-hybridized carbons (Fsp3) is 0.190. The zero-order valence-electron chi connectivity index (χ0n) is 15.8. The van der Waals surface area contributed by atoms with E-state index >= 15 is 0 Å². The minimum Gasteiger partial charge on any atom is -0.373 e. The summed E-state index contributed by atoms with van der Waals surface area (Å²) >= 11 is 0. The number of nitrogens with zero attached hydrogens (tertiary/aromatic N) is 2. The van der Waals surface area contributed by atoms with Gasteiger partial charge in [-0.05, 0) is 41.8 Å². The van der Waals surface area contributed by atoms with E-state index in [1.54, 1.807) is 6.07 Å². The highest BCUT2D eigenvalue weighted by molar-refractivity contribution is 5.91. The SMILES string of the molecule is CN(C(=O)Nc1ccc(F)c(C#N)c1)[C@H]1COCc2[nH]c(=O)c3ccc(F)cc3c21. The zero-order chi connectivity index (χ0) is 21.4. The minimum atomic E-state index is -0.684. The summed E-state index contributed by atoms with van der Waals surface area (Å²) in [6, 6.07) is 8.11. The Bertz CT molecular complexity index is 1270. The second kappa shape index (κ2) is 7.57. The number of amides is 2. The molecule has 0 spiro atoms. The fourth-order valence-corrected chi connectivity index (χ4v) is 3.57.